The van der Waals surface area contributed by atoms with Gasteiger partial charge in [0.1, 0.15) is 0 Å². The van der Waals surface area contributed by atoms with Crippen molar-refractivity contribution >= 4 is 34.0 Å². The van der Waals surface area contributed by atoms with E-state index in [0.717, 1.165) is 12.1 Å². The summed E-state index contributed by atoms with van der Waals surface area (Å²) in [5.74, 6) is -0.461. The van der Waals surface area contributed by atoms with E-state index in [-0.39, 0.29) is 17.9 Å². The number of benzene rings is 1. The number of pyridine rings is 1. The van der Waals surface area contributed by atoms with Gasteiger partial charge < -0.3 is 14.8 Å². The number of nitrogens with zero attached hydrogens (tertiary/aromatic N) is 3. The summed E-state index contributed by atoms with van der Waals surface area (Å²) in [6.45, 7) is 1.74. The van der Waals surface area contributed by atoms with Gasteiger partial charge in [-0.15, -0.1) is 11.3 Å². The van der Waals surface area contributed by atoms with Gasteiger partial charge in [-0.1, -0.05) is 6.07 Å². The van der Waals surface area contributed by atoms with Crippen LogP contribution in [0.3, 0.4) is 0 Å². The molecule has 0 saturated carbocycles. The molecule has 2 aromatic heterocycles. The average molecular weight is 506 g/mol. The minimum Gasteiger partial charge on any atom is -0.368 e. The molecule has 0 radical (unpaired) electrons. The Hall–Kier alpha value is -3.67. The van der Waals surface area contributed by atoms with Crippen LogP contribution in [-0.2, 0) is 17.4 Å². The Labute approximate surface area is 202 Å². The second-order valence-corrected chi connectivity index (χ2v) is 8.81. The molecule has 8 nitrogen and oxygen atoms in total. The first-order chi connectivity index (χ1) is 16.7. The molecule has 12 heteroatoms. The lowest BCUT2D eigenvalue weighted by atomic mass is 10.1. The number of thiazole rings is 1. The molecule has 0 bridgehead atoms. The van der Waals surface area contributed by atoms with Crippen molar-refractivity contribution in [3.05, 3.63) is 75.1 Å². The molecule has 0 unspecified atom stereocenters. The van der Waals surface area contributed by atoms with Crippen LogP contribution in [0, 0.1) is 0 Å². The van der Waals surface area contributed by atoms with E-state index >= 15 is 0 Å². The second kappa shape index (κ2) is 10.3. The molecule has 1 fully saturated rings. The number of nitrogens with one attached hydrogen (secondary N) is 2. The van der Waals surface area contributed by atoms with Gasteiger partial charge in [0.2, 0.25) is 11.5 Å². The van der Waals surface area contributed by atoms with Gasteiger partial charge in [-0.3, -0.25) is 19.7 Å². The Morgan fingerprint density at radius 3 is 2.57 bits per heavy atom. The van der Waals surface area contributed by atoms with Crippen molar-refractivity contribution in [2.24, 2.45) is 0 Å². The Morgan fingerprint density at radius 2 is 1.89 bits per heavy atom. The number of amides is 2. The molecule has 1 aromatic carbocycles. The highest BCUT2D eigenvalue weighted by atomic mass is 32.1. The monoisotopic (exact) mass is 505 g/mol. The Kier molecular flexibility index (Phi) is 7.20. The minimum absolute atomic E-state index is 0.0551. The van der Waals surface area contributed by atoms with Crippen molar-refractivity contribution in [1.29, 1.82) is 0 Å². The first kappa shape index (κ1) is 24.5. The van der Waals surface area contributed by atoms with Crippen LogP contribution in [0.15, 0.2) is 52.8 Å². The zero-order valence-electron chi connectivity index (χ0n) is 18.5. The highest BCUT2D eigenvalue weighted by Gasteiger charge is 2.31. The fraction of sp³-hybridized carbons (Fsp3) is 0.304. The van der Waals surface area contributed by atoms with Gasteiger partial charge in [-0.05, 0) is 30.7 Å². The summed E-state index contributed by atoms with van der Waals surface area (Å²) in [5.41, 5.74) is 0.459. The Balaban J connectivity index is 1.25. The molecule has 3 aromatic rings. The molecule has 0 spiro atoms. The highest BCUT2D eigenvalue weighted by Crippen LogP contribution is 2.32. The highest BCUT2D eigenvalue weighted by molar-refractivity contribution is 7.14. The summed E-state index contributed by atoms with van der Waals surface area (Å²) in [4.78, 5) is 46.3. The minimum atomic E-state index is -4.39. The predicted octanol–water partition coefficient (Wildman–Crippen LogP) is 3.38. The topological polar surface area (TPSA) is 98.4 Å². The number of aromatic nitrogens is 2. The quantitative estimate of drug-likeness (QED) is 0.535. The summed E-state index contributed by atoms with van der Waals surface area (Å²) >= 11 is 1.24. The van der Waals surface area contributed by atoms with Crippen molar-refractivity contribution in [3.8, 4) is 0 Å². The zero-order chi connectivity index (χ0) is 25.0. The predicted molar refractivity (Wildman–Crippen MR) is 126 cm³/mol. The molecule has 2 N–H and O–H groups in total. The molecule has 4 rings (SSSR count). The summed E-state index contributed by atoms with van der Waals surface area (Å²) in [6, 6.07) is 7.88. The molecule has 2 amide bonds. The zero-order valence-corrected chi connectivity index (χ0v) is 19.3. The number of aromatic amines is 1. The van der Waals surface area contributed by atoms with Gasteiger partial charge in [-0.2, -0.15) is 13.2 Å². The molecule has 1 aliphatic heterocycles. The van der Waals surface area contributed by atoms with Gasteiger partial charge in [0.05, 0.1) is 16.8 Å². The van der Waals surface area contributed by atoms with E-state index in [9.17, 15) is 27.6 Å². The normalized spacial score (nSPS) is 14.1. The van der Waals surface area contributed by atoms with E-state index in [1.165, 1.54) is 35.7 Å². The molecule has 0 aliphatic carbocycles. The Bertz CT molecular complexity index is 1250. The number of rotatable bonds is 6. The molecule has 0 atom stereocenters. The van der Waals surface area contributed by atoms with Crippen LogP contribution in [0.5, 0.6) is 0 Å². The Morgan fingerprint density at radius 1 is 1.11 bits per heavy atom. The standard InChI is InChI=1S/C23H22F3N5O3S/c24-23(25,26)16-2-1-3-18(12-16)30-8-10-31(11-9-30)20(33)7-5-17-14-35-22(28-17)29-21(34)15-4-6-19(32)27-13-15/h1-4,6,12-14H,5,7-11H2,(H,27,32)(H,28,29,34). The van der Waals surface area contributed by atoms with Gasteiger partial charge in [0.25, 0.3) is 5.91 Å². The van der Waals surface area contributed by atoms with E-state index < -0.39 is 17.6 Å². The maximum atomic E-state index is 13.0. The first-order valence-electron chi connectivity index (χ1n) is 10.8. The van der Waals surface area contributed by atoms with Gasteiger partial charge in [-0.25, -0.2) is 4.98 Å². The number of H-pyrrole nitrogens is 1. The smallest absolute Gasteiger partial charge is 0.368 e. The fourth-order valence-electron chi connectivity index (χ4n) is 3.69. The number of halogens is 3. The summed E-state index contributed by atoms with van der Waals surface area (Å²) in [6.07, 6.45) is -2.44. The molecular weight excluding hydrogens is 483 g/mol. The van der Waals surface area contributed by atoms with Crippen molar-refractivity contribution in [2.45, 2.75) is 19.0 Å². The lowest BCUT2D eigenvalue weighted by Crippen LogP contribution is -2.48. The van der Waals surface area contributed by atoms with Crippen molar-refractivity contribution in [3.63, 3.8) is 0 Å². The number of piperazine rings is 1. The largest absolute Gasteiger partial charge is 0.416 e. The third kappa shape index (κ3) is 6.27. The number of carbonyl (C=O) groups is 2. The second-order valence-electron chi connectivity index (χ2n) is 7.96. The van der Waals surface area contributed by atoms with Gasteiger partial charge >= 0.3 is 6.18 Å². The maximum absolute atomic E-state index is 13.0. The van der Waals surface area contributed by atoms with Crippen LogP contribution in [0.1, 0.15) is 28.0 Å². The number of alkyl halides is 3. The summed E-state index contributed by atoms with van der Waals surface area (Å²) < 4.78 is 38.9. The van der Waals surface area contributed by atoms with E-state index in [1.807, 2.05) is 4.90 Å². The molecule has 1 saturated heterocycles. The van der Waals surface area contributed by atoms with Gasteiger partial charge in [0, 0.05) is 55.9 Å². The first-order valence-corrected chi connectivity index (χ1v) is 11.7. The van der Waals surface area contributed by atoms with E-state index in [2.05, 4.69) is 15.3 Å². The molecule has 1 aliphatic rings. The number of carbonyl (C=O) groups excluding carboxylic acids is 2. The third-order valence-corrected chi connectivity index (χ3v) is 6.39. The number of hydrogen-bond acceptors (Lipinski definition) is 6. The summed E-state index contributed by atoms with van der Waals surface area (Å²) in [7, 11) is 0. The van der Waals surface area contributed by atoms with Crippen LogP contribution in [0.2, 0.25) is 0 Å². The average Bonchev–Trinajstić information content (AvgIpc) is 3.30. The lowest BCUT2D eigenvalue weighted by molar-refractivity contribution is -0.137. The molecular formula is C23H22F3N5O3S. The van der Waals surface area contributed by atoms with Crippen molar-refractivity contribution < 1.29 is 22.8 Å². The SMILES string of the molecule is O=C(Nc1nc(CCC(=O)N2CCN(c3cccc(C(F)(F)F)c3)CC2)cs1)c1ccc(=O)[nH]c1. The lowest BCUT2D eigenvalue weighted by Gasteiger charge is -2.36. The van der Waals surface area contributed by atoms with Crippen LogP contribution >= 0.6 is 11.3 Å². The number of hydrogen-bond donors (Lipinski definition) is 2. The van der Waals surface area contributed by atoms with Crippen molar-refractivity contribution in [1.82, 2.24) is 14.9 Å². The summed E-state index contributed by atoms with van der Waals surface area (Å²) in [5, 5.41) is 4.81. The third-order valence-electron chi connectivity index (χ3n) is 5.58. The van der Waals surface area contributed by atoms with Crippen LogP contribution < -0.4 is 15.8 Å². The van der Waals surface area contributed by atoms with Gasteiger partial charge in [0.15, 0.2) is 5.13 Å². The van der Waals surface area contributed by atoms with Crippen LogP contribution in [0.25, 0.3) is 0 Å². The van der Waals surface area contributed by atoms with Crippen LogP contribution in [-0.4, -0.2) is 52.9 Å². The molecule has 35 heavy (non-hydrogen) atoms. The van der Waals surface area contributed by atoms with E-state index in [1.54, 1.807) is 16.3 Å². The van der Waals surface area contributed by atoms with Crippen molar-refractivity contribution in [2.75, 3.05) is 36.4 Å². The van der Waals surface area contributed by atoms with E-state index in [0.29, 0.717) is 54.7 Å². The molecule has 184 valence electrons. The maximum Gasteiger partial charge on any atom is 0.416 e. The van der Waals surface area contributed by atoms with Crippen LogP contribution in [0.4, 0.5) is 24.0 Å². The molecule has 3 heterocycles. The van der Waals surface area contributed by atoms with E-state index in [4.69, 9.17) is 0 Å². The fourth-order valence-corrected chi connectivity index (χ4v) is 4.43. The number of aryl methyl sites for hydroxylation is 1. The number of anilines is 2.